The summed E-state index contributed by atoms with van der Waals surface area (Å²) in [7, 11) is -1.72. The minimum absolute atomic E-state index is 0.223. The number of anilines is 1. The first-order chi connectivity index (χ1) is 11.0. The molecule has 1 aromatic rings. The molecule has 2 rings (SSSR count). The maximum absolute atomic E-state index is 10.9. The molecule has 1 aromatic carbocycles. The summed E-state index contributed by atoms with van der Waals surface area (Å²) < 4.78 is 7.35. The zero-order chi connectivity index (χ0) is 18.0. The van der Waals surface area contributed by atoms with Gasteiger partial charge in [0.1, 0.15) is 0 Å². The molecule has 0 aromatic heterocycles. The summed E-state index contributed by atoms with van der Waals surface area (Å²) >= 11 is 3.48. The predicted molar refractivity (Wildman–Crippen MR) is 108 cm³/mol. The van der Waals surface area contributed by atoms with Crippen LogP contribution >= 0.6 is 15.9 Å². The highest BCUT2D eigenvalue weighted by Gasteiger charge is 2.38. The Balaban J connectivity index is 1.83. The molecule has 1 fully saturated rings. The van der Waals surface area contributed by atoms with Crippen LogP contribution in [-0.4, -0.2) is 38.7 Å². The third-order valence-electron chi connectivity index (χ3n) is 5.72. The summed E-state index contributed by atoms with van der Waals surface area (Å²) in [6.07, 6.45) is 2.36. The van der Waals surface area contributed by atoms with Crippen molar-refractivity contribution < 1.29 is 9.53 Å². The van der Waals surface area contributed by atoms with Crippen LogP contribution in [0, 0.1) is 0 Å². The molecule has 1 heterocycles. The molecule has 5 heteroatoms. The lowest BCUT2D eigenvalue weighted by Crippen LogP contribution is -2.46. The number of piperidine rings is 1. The second kappa shape index (κ2) is 7.48. The number of benzene rings is 1. The zero-order valence-electron chi connectivity index (χ0n) is 15.7. The standard InChI is InChI=1S/C19H32BrNO2Si/c1-18(2,3)24(4,5)23-15-12-19(22)10-13-21(14-11-19)17-8-6-16(20)7-9-17/h6-9,22H,10-15H2,1-5H3. The van der Waals surface area contributed by atoms with E-state index in [2.05, 4.69) is 79.0 Å². The molecule has 0 radical (unpaired) electrons. The molecule has 0 unspecified atom stereocenters. The lowest BCUT2D eigenvalue weighted by molar-refractivity contribution is -0.00398. The van der Waals surface area contributed by atoms with Gasteiger partial charge in [0.2, 0.25) is 0 Å². The van der Waals surface area contributed by atoms with E-state index in [1.165, 1.54) is 5.69 Å². The Morgan fingerprint density at radius 1 is 1.17 bits per heavy atom. The Bertz CT molecular complexity index is 531. The van der Waals surface area contributed by atoms with Gasteiger partial charge in [-0.1, -0.05) is 36.7 Å². The lowest BCUT2D eigenvalue weighted by atomic mass is 9.88. The smallest absolute Gasteiger partial charge is 0.191 e. The number of rotatable bonds is 5. The molecule has 0 saturated carbocycles. The van der Waals surface area contributed by atoms with Crippen LogP contribution in [0.2, 0.25) is 18.1 Å². The molecule has 1 aliphatic rings. The molecule has 0 aliphatic carbocycles. The van der Waals surface area contributed by atoms with Crippen LogP contribution in [0.15, 0.2) is 28.7 Å². The van der Waals surface area contributed by atoms with E-state index >= 15 is 0 Å². The molecule has 136 valence electrons. The first kappa shape index (κ1) is 20.0. The molecular weight excluding hydrogens is 382 g/mol. The third-order valence-corrected chi connectivity index (χ3v) is 10.8. The van der Waals surface area contributed by atoms with E-state index in [9.17, 15) is 5.11 Å². The highest BCUT2D eigenvalue weighted by atomic mass is 79.9. The van der Waals surface area contributed by atoms with E-state index in [0.29, 0.717) is 6.61 Å². The fraction of sp³-hybridized carbons (Fsp3) is 0.684. The van der Waals surface area contributed by atoms with Crippen molar-refractivity contribution in [2.45, 2.75) is 63.8 Å². The van der Waals surface area contributed by atoms with Crippen molar-refractivity contribution in [2.75, 3.05) is 24.6 Å². The van der Waals surface area contributed by atoms with Crippen molar-refractivity contribution in [3.63, 3.8) is 0 Å². The maximum Gasteiger partial charge on any atom is 0.191 e. The van der Waals surface area contributed by atoms with Gasteiger partial charge in [-0.25, -0.2) is 0 Å². The number of hydrogen-bond acceptors (Lipinski definition) is 3. The van der Waals surface area contributed by atoms with Crippen LogP contribution in [-0.2, 0) is 4.43 Å². The van der Waals surface area contributed by atoms with Crippen molar-refractivity contribution >= 4 is 29.9 Å². The first-order valence-corrected chi connectivity index (χ1v) is 12.6. The molecule has 1 saturated heterocycles. The highest BCUT2D eigenvalue weighted by molar-refractivity contribution is 9.10. The van der Waals surface area contributed by atoms with Crippen LogP contribution in [0.1, 0.15) is 40.0 Å². The van der Waals surface area contributed by atoms with E-state index in [-0.39, 0.29) is 5.04 Å². The quantitative estimate of drug-likeness (QED) is 0.673. The summed E-state index contributed by atoms with van der Waals surface area (Å²) in [6.45, 7) is 13.8. The van der Waals surface area contributed by atoms with Gasteiger partial charge in [-0.15, -0.1) is 0 Å². The average molecular weight is 414 g/mol. The summed E-state index contributed by atoms with van der Waals surface area (Å²) in [4.78, 5) is 2.36. The minimum Gasteiger partial charge on any atom is -0.417 e. The van der Waals surface area contributed by atoms with Crippen molar-refractivity contribution in [2.24, 2.45) is 0 Å². The fourth-order valence-corrected chi connectivity index (χ4v) is 4.11. The van der Waals surface area contributed by atoms with Crippen molar-refractivity contribution in [3.8, 4) is 0 Å². The van der Waals surface area contributed by atoms with Gasteiger partial charge in [-0.05, 0) is 61.7 Å². The summed E-state index contributed by atoms with van der Waals surface area (Å²) in [5.41, 5.74) is 0.659. The van der Waals surface area contributed by atoms with Crippen LogP contribution in [0.25, 0.3) is 0 Å². The largest absolute Gasteiger partial charge is 0.417 e. The predicted octanol–water partition coefficient (Wildman–Crippen LogP) is 5.19. The average Bonchev–Trinajstić information content (AvgIpc) is 2.47. The molecule has 0 amide bonds. The third kappa shape index (κ3) is 5.07. The Morgan fingerprint density at radius 3 is 2.21 bits per heavy atom. The van der Waals surface area contributed by atoms with E-state index in [1.807, 2.05) is 0 Å². The SMILES string of the molecule is CC(C)(C)[Si](C)(C)OCCC1(O)CCN(c2ccc(Br)cc2)CC1. The number of aliphatic hydroxyl groups is 1. The second-order valence-electron chi connectivity index (χ2n) is 8.55. The first-order valence-electron chi connectivity index (χ1n) is 8.89. The molecule has 0 bridgehead atoms. The summed E-state index contributed by atoms with van der Waals surface area (Å²) in [6, 6.07) is 8.41. The van der Waals surface area contributed by atoms with Crippen LogP contribution in [0.3, 0.4) is 0 Å². The van der Waals surface area contributed by atoms with Gasteiger partial charge in [0, 0.05) is 29.9 Å². The van der Waals surface area contributed by atoms with E-state index < -0.39 is 13.9 Å². The van der Waals surface area contributed by atoms with Gasteiger partial charge < -0.3 is 14.4 Å². The molecular formula is C19H32BrNO2Si. The van der Waals surface area contributed by atoms with Gasteiger partial charge in [0.05, 0.1) is 5.60 Å². The topological polar surface area (TPSA) is 32.7 Å². The normalized spacial score (nSPS) is 18.7. The lowest BCUT2D eigenvalue weighted by Gasteiger charge is -2.41. The monoisotopic (exact) mass is 413 g/mol. The molecule has 24 heavy (non-hydrogen) atoms. The summed E-state index contributed by atoms with van der Waals surface area (Å²) in [5.74, 6) is 0. The molecule has 0 atom stereocenters. The van der Waals surface area contributed by atoms with E-state index in [0.717, 1.165) is 36.8 Å². The highest BCUT2D eigenvalue weighted by Crippen LogP contribution is 2.37. The van der Waals surface area contributed by atoms with E-state index in [1.54, 1.807) is 0 Å². The van der Waals surface area contributed by atoms with Gasteiger partial charge in [-0.2, -0.15) is 0 Å². The van der Waals surface area contributed by atoms with Crippen LogP contribution in [0.5, 0.6) is 0 Å². The fourth-order valence-electron chi connectivity index (χ4n) is 2.80. The van der Waals surface area contributed by atoms with Crippen LogP contribution in [0.4, 0.5) is 5.69 Å². The van der Waals surface area contributed by atoms with E-state index in [4.69, 9.17) is 4.43 Å². The van der Waals surface area contributed by atoms with Crippen molar-refractivity contribution in [1.82, 2.24) is 0 Å². The maximum atomic E-state index is 10.9. The molecule has 1 aliphatic heterocycles. The van der Waals surface area contributed by atoms with Gasteiger partial charge in [-0.3, -0.25) is 0 Å². The Hall–Kier alpha value is -0.363. The minimum atomic E-state index is -1.72. The summed E-state index contributed by atoms with van der Waals surface area (Å²) in [5, 5.41) is 11.1. The molecule has 3 nitrogen and oxygen atoms in total. The Labute approximate surface area is 156 Å². The molecule has 0 spiro atoms. The number of halogens is 1. The number of nitrogens with zero attached hydrogens (tertiary/aromatic N) is 1. The molecule has 1 N–H and O–H groups in total. The Kier molecular flexibility index (Phi) is 6.22. The van der Waals surface area contributed by atoms with Gasteiger partial charge in [0.25, 0.3) is 0 Å². The van der Waals surface area contributed by atoms with Gasteiger partial charge >= 0.3 is 0 Å². The van der Waals surface area contributed by atoms with Gasteiger partial charge in [0.15, 0.2) is 8.32 Å². The van der Waals surface area contributed by atoms with Crippen molar-refractivity contribution in [3.05, 3.63) is 28.7 Å². The van der Waals surface area contributed by atoms with Crippen LogP contribution < -0.4 is 4.90 Å². The zero-order valence-corrected chi connectivity index (χ0v) is 18.3. The van der Waals surface area contributed by atoms with Crippen molar-refractivity contribution in [1.29, 1.82) is 0 Å². The second-order valence-corrected chi connectivity index (χ2v) is 14.3. The Morgan fingerprint density at radius 2 is 1.71 bits per heavy atom. The number of hydrogen-bond donors (Lipinski definition) is 1.